The van der Waals surface area contributed by atoms with Crippen LogP contribution in [0, 0.1) is 5.92 Å². The lowest BCUT2D eigenvalue weighted by atomic mass is 9.84. The molecule has 6 heteroatoms. The molecule has 0 bridgehead atoms. The summed E-state index contributed by atoms with van der Waals surface area (Å²) in [7, 11) is -0.908. The fourth-order valence-corrected chi connectivity index (χ4v) is 3.78. The van der Waals surface area contributed by atoms with E-state index in [1.807, 2.05) is 0 Å². The van der Waals surface area contributed by atoms with Gasteiger partial charge < -0.3 is 4.74 Å². The van der Waals surface area contributed by atoms with Crippen molar-refractivity contribution in [3.63, 3.8) is 0 Å². The molecule has 1 aliphatic rings. The standard InChI is InChI=1S/C16H23NO4S/c1-17-22(19,20)14-9-8-13(15(11-14)16(18)21-2)10-12-6-4-3-5-7-12/h8-9,11-12,17H,3-7,10H2,1-2H3. The van der Waals surface area contributed by atoms with E-state index in [1.165, 1.54) is 39.5 Å². The number of hydrogen-bond acceptors (Lipinski definition) is 4. The number of hydrogen-bond donors (Lipinski definition) is 1. The molecule has 1 aromatic rings. The number of ether oxygens (including phenoxy) is 1. The minimum atomic E-state index is -3.57. The average Bonchev–Trinajstić information content (AvgIpc) is 2.55. The van der Waals surface area contributed by atoms with Crippen LogP contribution in [0.4, 0.5) is 0 Å². The van der Waals surface area contributed by atoms with E-state index in [0.717, 1.165) is 24.8 Å². The molecule has 0 aromatic heterocycles. The lowest BCUT2D eigenvalue weighted by Crippen LogP contribution is -2.20. The Morgan fingerprint density at radius 1 is 1.27 bits per heavy atom. The second-order valence-corrected chi connectivity index (χ2v) is 7.61. The molecule has 0 spiro atoms. The van der Waals surface area contributed by atoms with Crippen LogP contribution in [0.2, 0.25) is 0 Å². The summed E-state index contributed by atoms with van der Waals surface area (Å²) in [6, 6.07) is 4.71. The molecular formula is C16H23NO4S. The van der Waals surface area contributed by atoms with Crippen LogP contribution >= 0.6 is 0 Å². The van der Waals surface area contributed by atoms with Crippen LogP contribution in [-0.4, -0.2) is 28.5 Å². The van der Waals surface area contributed by atoms with Crippen LogP contribution in [0.1, 0.15) is 48.0 Å². The van der Waals surface area contributed by atoms with Crippen LogP contribution in [-0.2, 0) is 21.2 Å². The van der Waals surface area contributed by atoms with Gasteiger partial charge in [0.05, 0.1) is 17.6 Å². The Balaban J connectivity index is 2.34. The van der Waals surface area contributed by atoms with Crippen LogP contribution in [0.3, 0.4) is 0 Å². The van der Waals surface area contributed by atoms with Gasteiger partial charge in [-0.05, 0) is 37.1 Å². The number of sulfonamides is 1. The summed E-state index contributed by atoms with van der Waals surface area (Å²) in [5, 5.41) is 0. The maximum Gasteiger partial charge on any atom is 0.338 e. The Hall–Kier alpha value is -1.40. The van der Waals surface area contributed by atoms with Crippen LogP contribution in [0.25, 0.3) is 0 Å². The van der Waals surface area contributed by atoms with Gasteiger partial charge in [-0.3, -0.25) is 0 Å². The molecule has 5 nitrogen and oxygen atoms in total. The first-order valence-corrected chi connectivity index (χ1v) is 9.11. The highest BCUT2D eigenvalue weighted by Crippen LogP contribution is 2.29. The molecule has 1 N–H and O–H groups in total. The zero-order valence-electron chi connectivity index (χ0n) is 13.1. The van der Waals surface area contributed by atoms with Crippen molar-refractivity contribution in [1.82, 2.24) is 4.72 Å². The molecule has 122 valence electrons. The van der Waals surface area contributed by atoms with Crippen molar-refractivity contribution in [2.24, 2.45) is 5.92 Å². The quantitative estimate of drug-likeness (QED) is 0.844. The number of carbonyl (C=O) groups is 1. The van der Waals surface area contributed by atoms with E-state index in [1.54, 1.807) is 12.1 Å². The summed E-state index contributed by atoms with van der Waals surface area (Å²) in [4.78, 5) is 12.1. The molecule has 1 aromatic carbocycles. The molecule has 0 saturated heterocycles. The predicted molar refractivity (Wildman–Crippen MR) is 84.3 cm³/mol. The topological polar surface area (TPSA) is 72.5 Å². The fourth-order valence-electron chi connectivity index (χ4n) is 3.02. The molecule has 0 atom stereocenters. The SMILES string of the molecule is CNS(=O)(=O)c1ccc(CC2CCCCC2)c(C(=O)OC)c1. The lowest BCUT2D eigenvalue weighted by Gasteiger charge is -2.22. The number of benzene rings is 1. The molecule has 0 aliphatic heterocycles. The van der Waals surface area contributed by atoms with E-state index in [0.29, 0.717) is 11.5 Å². The largest absolute Gasteiger partial charge is 0.465 e. The average molecular weight is 325 g/mol. The molecular weight excluding hydrogens is 302 g/mol. The van der Waals surface area contributed by atoms with Gasteiger partial charge in [0, 0.05) is 0 Å². The normalized spacial score (nSPS) is 16.5. The summed E-state index contributed by atoms with van der Waals surface area (Å²) >= 11 is 0. The highest BCUT2D eigenvalue weighted by atomic mass is 32.2. The van der Waals surface area contributed by atoms with Crippen molar-refractivity contribution >= 4 is 16.0 Å². The Bertz CT molecular complexity index is 634. The maximum atomic E-state index is 12.0. The van der Waals surface area contributed by atoms with Crippen molar-refractivity contribution < 1.29 is 17.9 Å². The van der Waals surface area contributed by atoms with E-state index in [9.17, 15) is 13.2 Å². The molecule has 0 unspecified atom stereocenters. The zero-order valence-corrected chi connectivity index (χ0v) is 13.9. The van der Waals surface area contributed by atoms with Gasteiger partial charge in [-0.15, -0.1) is 0 Å². The van der Waals surface area contributed by atoms with Crippen molar-refractivity contribution in [1.29, 1.82) is 0 Å². The van der Waals surface area contributed by atoms with Crippen molar-refractivity contribution in [3.8, 4) is 0 Å². The molecule has 1 saturated carbocycles. The highest BCUT2D eigenvalue weighted by molar-refractivity contribution is 7.89. The molecule has 22 heavy (non-hydrogen) atoms. The smallest absolute Gasteiger partial charge is 0.338 e. The highest BCUT2D eigenvalue weighted by Gasteiger charge is 2.21. The molecule has 0 heterocycles. The van der Waals surface area contributed by atoms with E-state index >= 15 is 0 Å². The number of methoxy groups -OCH3 is 1. The summed E-state index contributed by atoms with van der Waals surface area (Å²) in [5.41, 5.74) is 1.22. The molecule has 1 fully saturated rings. The third-order valence-corrected chi connectivity index (χ3v) is 5.71. The molecule has 0 amide bonds. The molecule has 0 radical (unpaired) electrons. The number of carbonyl (C=O) groups excluding carboxylic acids is 1. The van der Waals surface area contributed by atoms with Gasteiger partial charge >= 0.3 is 5.97 Å². The second kappa shape index (κ2) is 7.24. The number of nitrogens with one attached hydrogen (secondary N) is 1. The monoisotopic (exact) mass is 325 g/mol. The molecule has 2 rings (SSSR count). The van der Waals surface area contributed by atoms with Gasteiger partial charge in [0.25, 0.3) is 0 Å². The predicted octanol–water partition coefficient (Wildman–Crippen LogP) is 2.50. The summed E-state index contributed by atoms with van der Waals surface area (Å²) in [6.45, 7) is 0. The first-order valence-electron chi connectivity index (χ1n) is 7.62. The Morgan fingerprint density at radius 2 is 1.95 bits per heavy atom. The van der Waals surface area contributed by atoms with E-state index < -0.39 is 16.0 Å². The number of rotatable bonds is 5. The summed E-state index contributed by atoms with van der Waals surface area (Å²) in [5.74, 6) is 0.0721. The third kappa shape index (κ3) is 3.87. The van der Waals surface area contributed by atoms with E-state index in [2.05, 4.69) is 4.72 Å². The van der Waals surface area contributed by atoms with E-state index in [-0.39, 0.29) is 4.90 Å². The first-order chi connectivity index (χ1) is 10.5. The van der Waals surface area contributed by atoms with Gasteiger partial charge in [-0.1, -0.05) is 38.2 Å². The van der Waals surface area contributed by atoms with Crippen molar-refractivity contribution in [2.45, 2.75) is 43.4 Å². The Labute approximate surface area is 132 Å². The number of esters is 1. The minimum Gasteiger partial charge on any atom is -0.465 e. The van der Waals surface area contributed by atoms with E-state index in [4.69, 9.17) is 4.74 Å². The molecule has 1 aliphatic carbocycles. The Kier molecular flexibility index (Phi) is 5.58. The zero-order chi connectivity index (χ0) is 16.2. The summed E-state index contributed by atoms with van der Waals surface area (Å²) < 4.78 is 30.9. The second-order valence-electron chi connectivity index (χ2n) is 5.73. The van der Waals surface area contributed by atoms with Gasteiger partial charge in [0.1, 0.15) is 0 Å². The lowest BCUT2D eigenvalue weighted by molar-refractivity contribution is 0.0599. The van der Waals surface area contributed by atoms with Crippen LogP contribution in [0.15, 0.2) is 23.1 Å². The van der Waals surface area contributed by atoms with Crippen LogP contribution < -0.4 is 4.72 Å². The van der Waals surface area contributed by atoms with Crippen molar-refractivity contribution in [3.05, 3.63) is 29.3 Å². The minimum absolute atomic E-state index is 0.0859. The van der Waals surface area contributed by atoms with Gasteiger partial charge in [-0.2, -0.15) is 0 Å². The fraction of sp³-hybridized carbons (Fsp3) is 0.562. The van der Waals surface area contributed by atoms with Crippen molar-refractivity contribution in [2.75, 3.05) is 14.2 Å². The maximum absolute atomic E-state index is 12.0. The summed E-state index contributed by atoms with van der Waals surface area (Å²) in [6.07, 6.45) is 6.85. The third-order valence-electron chi connectivity index (χ3n) is 4.30. The van der Waals surface area contributed by atoms with Gasteiger partial charge in [0.2, 0.25) is 10.0 Å². The first kappa shape index (κ1) is 17.0. The Morgan fingerprint density at radius 3 is 2.55 bits per heavy atom. The van der Waals surface area contributed by atoms with Crippen LogP contribution in [0.5, 0.6) is 0 Å². The van der Waals surface area contributed by atoms with Gasteiger partial charge in [-0.25, -0.2) is 17.9 Å². The van der Waals surface area contributed by atoms with Gasteiger partial charge in [0.15, 0.2) is 0 Å².